The molecule has 8 nitrogen and oxygen atoms in total. The van der Waals surface area contributed by atoms with E-state index in [0.717, 1.165) is 22.3 Å². The molecule has 1 heterocycles. The number of sulfonamides is 1. The first-order valence-corrected chi connectivity index (χ1v) is 13.3. The number of hydrogen-bond acceptors (Lipinski definition) is 6. The molecule has 196 valence electrons. The molecule has 9 heteroatoms. The standard InChI is InChI=1S/C28H32N2O6S/c1-4-25-19-30(37(33,34)27-14-12-22(2)13-15-27)20-26(25)11-8-16-29(17-18-35-23(3)31)28(32)36-21-24-9-6-5-7-10-24/h4-15H,1,16-21H2,2-3H3/b11-8+. The number of carbonyl (C=O) groups is 2. The first kappa shape index (κ1) is 27.9. The zero-order valence-electron chi connectivity index (χ0n) is 21.1. The lowest BCUT2D eigenvalue weighted by Crippen LogP contribution is -2.35. The van der Waals surface area contributed by atoms with Gasteiger partial charge in [0.05, 0.1) is 11.4 Å². The fourth-order valence-corrected chi connectivity index (χ4v) is 5.11. The molecule has 0 fully saturated rings. The largest absolute Gasteiger partial charge is 0.464 e. The third-order valence-corrected chi connectivity index (χ3v) is 7.59. The van der Waals surface area contributed by atoms with Gasteiger partial charge in [-0.3, -0.25) is 4.79 Å². The van der Waals surface area contributed by atoms with Gasteiger partial charge in [0, 0.05) is 26.6 Å². The quantitative estimate of drug-likeness (QED) is 0.408. The molecule has 0 N–H and O–H groups in total. The number of carbonyl (C=O) groups excluding carboxylic acids is 2. The second-order valence-corrected chi connectivity index (χ2v) is 10.5. The topological polar surface area (TPSA) is 93.2 Å². The van der Waals surface area contributed by atoms with Crippen molar-refractivity contribution in [2.45, 2.75) is 25.3 Å². The van der Waals surface area contributed by atoms with Crippen LogP contribution in [0, 0.1) is 6.92 Å². The summed E-state index contributed by atoms with van der Waals surface area (Å²) < 4.78 is 38.1. The van der Waals surface area contributed by atoms with E-state index in [4.69, 9.17) is 9.47 Å². The normalized spacial score (nSPS) is 14.1. The van der Waals surface area contributed by atoms with Crippen LogP contribution in [-0.2, 0) is 30.9 Å². The minimum absolute atomic E-state index is 0.0345. The Labute approximate surface area is 218 Å². The van der Waals surface area contributed by atoms with Crippen molar-refractivity contribution in [3.8, 4) is 0 Å². The summed E-state index contributed by atoms with van der Waals surface area (Å²) in [5, 5.41) is 0. The van der Waals surface area contributed by atoms with E-state index in [-0.39, 0.29) is 44.3 Å². The lowest BCUT2D eigenvalue weighted by Gasteiger charge is -2.20. The molecule has 1 amide bonds. The second kappa shape index (κ2) is 13.0. The first-order valence-electron chi connectivity index (χ1n) is 11.9. The Bertz CT molecular complexity index is 1270. The van der Waals surface area contributed by atoms with Crippen LogP contribution in [0.5, 0.6) is 0 Å². The van der Waals surface area contributed by atoms with Crippen molar-refractivity contribution in [2.24, 2.45) is 0 Å². The Morgan fingerprint density at radius 1 is 1.03 bits per heavy atom. The van der Waals surface area contributed by atoms with E-state index in [9.17, 15) is 18.0 Å². The highest BCUT2D eigenvalue weighted by molar-refractivity contribution is 7.89. The van der Waals surface area contributed by atoms with Crippen LogP contribution < -0.4 is 0 Å². The van der Waals surface area contributed by atoms with Crippen molar-refractivity contribution < 1.29 is 27.5 Å². The number of hydrogen-bond donors (Lipinski definition) is 0. The van der Waals surface area contributed by atoms with Crippen LogP contribution in [0.1, 0.15) is 18.1 Å². The Hall–Kier alpha value is -3.69. The Morgan fingerprint density at radius 3 is 2.35 bits per heavy atom. The molecule has 0 aliphatic carbocycles. The van der Waals surface area contributed by atoms with E-state index in [1.807, 2.05) is 37.3 Å². The van der Waals surface area contributed by atoms with E-state index in [2.05, 4.69) is 6.58 Å². The first-order chi connectivity index (χ1) is 17.7. The molecule has 2 aromatic rings. The van der Waals surface area contributed by atoms with E-state index >= 15 is 0 Å². The Morgan fingerprint density at radius 2 is 1.70 bits per heavy atom. The molecule has 0 radical (unpaired) electrons. The van der Waals surface area contributed by atoms with Crippen molar-refractivity contribution >= 4 is 22.1 Å². The maximum Gasteiger partial charge on any atom is 0.410 e. The van der Waals surface area contributed by atoms with E-state index < -0.39 is 22.1 Å². The molecule has 1 aliphatic rings. The lowest BCUT2D eigenvalue weighted by atomic mass is 10.1. The van der Waals surface area contributed by atoms with Gasteiger partial charge in [-0.15, -0.1) is 0 Å². The molecule has 37 heavy (non-hydrogen) atoms. The summed E-state index contributed by atoms with van der Waals surface area (Å²) in [5.74, 6) is -0.435. The molecule has 0 saturated heterocycles. The Kier molecular flexibility index (Phi) is 9.82. The van der Waals surface area contributed by atoms with Crippen molar-refractivity contribution in [2.75, 3.05) is 32.8 Å². The van der Waals surface area contributed by atoms with Gasteiger partial charge >= 0.3 is 12.1 Å². The minimum atomic E-state index is -3.66. The number of nitrogens with zero attached hydrogens (tertiary/aromatic N) is 2. The van der Waals surface area contributed by atoms with Gasteiger partial charge in [0.25, 0.3) is 0 Å². The number of ether oxygens (including phenoxy) is 2. The lowest BCUT2D eigenvalue weighted by molar-refractivity contribution is -0.141. The average molecular weight is 525 g/mol. The van der Waals surface area contributed by atoms with Crippen LogP contribution in [0.15, 0.2) is 95.4 Å². The van der Waals surface area contributed by atoms with Crippen LogP contribution in [-0.4, -0.2) is 62.5 Å². The summed E-state index contributed by atoms with van der Waals surface area (Å²) in [6.45, 7) is 7.94. The highest BCUT2D eigenvalue weighted by atomic mass is 32.2. The monoisotopic (exact) mass is 524 g/mol. The highest BCUT2D eigenvalue weighted by Crippen LogP contribution is 2.26. The third kappa shape index (κ3) is 7.90. The maximum atomic E-state index is 13.1. The predicted molar refractivity (Wildman–Crippen MR) is 141 cm³/mol. The second-order valence-electron chi connectivity index (χ2n) is 8.57. The van der Waals surface area contributed by atoms with Crippen LogP contribution >= 0.6 is 0 Å². The number of rotatable bonds is 11. The van der Waals surface area contributed by atoms with Crippen LogP contribution in [0.25, 0.3) is 0 Å². The smallest absolute Gasteiger partial charge is 0.410 e. The molecule has 3 rings (SSSR count). The summed E-state index contributed by atoms with van der Waals surface area (Å²) in [4.78, 5) is 25.5. The molecule has 0 atom stereocenters. The van der Waals surface area contributed by atoms with Crippen LogP contribution in [0.3, 0.4) is 0 Å². The SMILES string of the molecule is C=CC1=C(/C=C/CN(CCOC(C)=O)C(=O)OCc2ccccc2)CN(S(=O)(=O)c2ccc(C)cc2)C1. The van der Waals surface area contributed by atoms with Crippen molar-refractivity contribution in [3.05, 3.63) is 102 Å². The fourth-order valence-electron chi connectivity index (χ4n) is 3.71. The van der Waals surface area contributed by atoms with Crippen molar-refractivity contribution in [3.63, 3.8) is 0 Å². The summed E-state index contributed by atoms with van der Waals surface area (Å²) in [6, 6.07) is 16.1. The van der Waals surface area contributed by atoms with Gasteiger partial charge in [-0.2, -0.15) is 4.31 Å². The number of aryl methyl sites for hydroxylation is 1. The Balaban J connectivity index is 1.66. The molecule has 0 saturated carbocycles. The van der Waals surface area contributed by atoms with Gasteiger partial charge in [-0.25, -0.2) is 13.2 Å². The number of esters is 1. The summed E-state index contributed by atoms with van der Waals surface area (Å²) >= 11 is 0. The van der Waals surface area contributed by atoms with Crippen LogP contribution in [0.4, 0.5) is 4.79 Å². The molecule has 0 aromatic heterocycles. The molecule has 0 unspecified atom stereocenters. The van der Waals surface area contributed by atoms with Gasteiger partial charge in [0.2, 0.25) is 10.0 Å². The molecule has 1 aliphatic heterocycles. The zero-order chi connectivity index (χ0) is 26.8. The van der Waals surface area contributed by atoms with Crippen molar-refractivity contribution in [1.82, 2.24) is 9.21 Å². The molecule has 2 aromatic carbocycles. The van der Waals surface area contributed by atoms with Gasteiger partial charge in [0.15, 0.2) is 0 Å². The van der Waals surface area contributed by atoms with Crippen LogP contribution in [0.2, 0.25) is 0 Å². The summed E-state index contributed by atoms with van der Waals surface area (Å²) in [7, 11) is -3.66. The van der Waals surface area contributed by atoms with Crippen molar-refractivity contribution in [1.29, 1.82) is 0 Å². The number of benzene rings is 2. The predicted octanol–water partition coefficient (Wildman–Crippen LogP) is 4.24. The van der Waals surface area contributed by atoms with E-state index in [0.29, 0.717) is 0 Å². The zero-order valence-corrected chi connectivity index (χ0v) is 21.9. The molecular formula is C28H32N2O6S. The minimum Gasteiger partial charge on any atom is -0.464 e. The molecule has 0 spiro atoms. The van der Waals surface area contributed by atoms with Gasteiger partial charge in [-0.1, -0.05) is 72.8 Å². The van der Waals surface area contributed by atoms with Gasteiger partial charge < -0.3 is 14.4 Å². The average Bonchev–Trinajstić information content (AvgIpc) is 3.31. The summed E-state index contributed by atoms with van der Waals surface area (Å²) in [5.41, 5.74) is 3.43. The van der Waals surface area contributed by atoms with E-state index in [1.165, 1.54) is 16.1 Å². The highest BCUT2D eigenvalue weighted by Gasteiger charge is 2.30. The molecule has 0 bridgehead atoms. The van der Waals surface area contributed by atoms with Gasteiger partial charge in [0.1, 0.15) is 13.2 Å². The van der Waals surface area contributed by atoms with Gasteiger partial charge in [-0.05, 0) is 35.8 Å². The maximum absolute atomic E-state index is 13.1. The van der Waals surface area contributed by atoms with E-state index in [1.54, 1.807) is 42.5 Å². The molecular weight excluding hydrogens is 492 g/mol. The number of amides is 1. The fraction of sp³-hybridized carbons (Fsp3) is 0.286. The summed E-state index contributed by atoms with van der Waals surface area (Å²) in [6.07, 6.45) is 4.66. The third-order valence-electron chi connectivity index (χ3n) is 5.79.